The summed E-state index contributed by atoms with van der Waals surface area (Å²) in [6, 6.07) is 2.01. The van der Waals surface area contributed by atoms with Gasteiger partial charge < -0.3 is 5.11 Å². The van der Waals surface area contributed by atoms with E-state index in [4.69, 9.17) is 5.26 Å². The SMILES string of the molecule is CCC(O)=C(C#N)c1nc(C(C)(C)C)cs1. The monoisotopic (exact) mass is 236 g/mol. The van der Waals surface area contributed by atoms with Gasteiger partial charge in [0, 0.05) is 17.2 Å². The van der Waals surface area contributed by atoms with E-state index in [9.17, 15) is 5.11 Å². The molecule has 86 valence electrons. The molecule has 0 amide bonds. The molecule has 0 fully saturated rings. The van der Waals surface area contributed by atoms with E-state index in [-0.39, 0.29) is 11.2 Å². The number of aromatic nitrogens is 1. The fourth-order valence-electron chi connectivity index (χ4n) is 1.15. The van der Waals surface area contributed by atoms with Crippen molar-refractivity contribution in [1.82, 2.24) is 4.98 Å². The second kappa shape index (κ2) is 4.67. The summed E-state index contributed by atoms with van der Waals surface area (Å²) in [6.07, 6.45) is 0.452. The predicted octanol–water partition coefficient (Wildman–Crippen LogP) is 3.64. The summed E-state index contributed by atoms with van der Waals surface area (Å²) in [5, 5.41) is 21.1. The van der Waals surface area contributed by atoms with Gasteiger partial charge >= 0.3 is 0 Å². The van der Waals surface area contributed by atoms with Gasteiger partial charge in [0.1, 0.15) is 22.4 Å². The number of hydrogen-bond acceptors (Lipinski definition) is 4. The van der Waals surface area contributed by atoms with E-state index in [2.05, 4.69) is 25.8 Å². The minimum Gasteiger partial charge on any atom is -0.511 e. The fourth-order valence-corrected chi connectivity index (χ4v) is 2.21. The van der Waals surface area contributed by atoms with Crippen LogP contribution >= 0.6 is 11.3 Å². The molecule has 3 nitrogen and oxygen atoms in total. The largest absolute Gasteiger partial charge is 0.511 e. The third kappa shape index (κ3) is 2.61. The first-order valence-electron chi connectivity index (χ1n) is 5.18. The predicted molar refractivity (Wildman–Crippen MR) is 66.3 cm³/mol. The molecule has 1 N–H and O–H groups in total. The molecule has 16 heavy (non-hydrogen) atoms. The number of hydrogen-bond donors (Lipinski definition) is 1. The summed E-state index contributed by atoms with van der Waals surface area (Å²) in [7, 11) is 0. The molecule has 0 aromatic carbocycles. The van der Waals surface area contributed by atoms with Gasteiger partial charge in [-0.3, -0.25) is 0 Å². The topological polar surface area (TPSA) is 56.9 Å². The summed E-state index contributed by atoms with van der Waals surface area (Å²) < 4.78 is 0. The molecule has 0 saturated carbocycles. The Kier molecular flexibility index (Phi) is 3.71. The molecule has 4 heteroatoms. The van der Waals surface area contributed by atoms with Gasteiger partial charge in [0.25, 0.3) is 0 Å². The highest BCUT2D eigenvalue weighted by molar-refractivity contribution is 7.10. The van der Waals surface area contributed by atoms with Gasteiger partial charge in [0.2, 0.25) is 0 Å². The zero-order valence-electron chi connectivity index (χ0n) is 10.0. The molecule has 0 aliphatic carbocycles. The summed E-state index contributed by atoms with van der Waals surface area (Å²) in [4.78, 5) is 4.40. The molecular formula is C12H16N2OS. The Labute approximate surface area is 100 Å². The molecule has 0 aliphatic rings. The molecule has 1 heterocycles. The van der Waals surface area contributed by atoms with Crippen molar-refractivity contribution in [2.45, 2.75) is 39.5 Å². The van der Waals surface area contributed by atoms with E-state index in [0.717, 1.165) is 5.69 Å². The molecule has 1 rings (SSSR count). The fraction of sp³-hybridized carbons (Fsp3) is 0.500. The van der Waals surface area contributed by atoms with E-state index in [1.807, 2.05) is 18.4 Å². The van der Waals surface area contributed by atoms with Crippen LogP contribution in [0.2, 0.25) is 0 Å². The molecule has 1 aromatic rings. The van der Waals surface area contributed by atoms with Crippen LogP contribution in [0.4, 0.5) is 0 Å². The van der Waals surface area contributed by atoms with Crippen LogP contribution in [0.3, 0.4) is 0 Å². The first-order chi connectivity index (χ1) is 7.40. The molecule has 0 saturated heterocycles. The Balaban J connectivity index is 3.17. The summed E-state index contributed by atoms with van der Waals surface area (Å²) in [5.74, 6) is 0.109. The van der Waals surface area contributed by atoms with Crippen LogP contribution in [0.15, 0.2) is 11.1 Å². The van der Waals surface area contributed by atoms with Crippen LogP contribution in [0.5, 0.6) is 0 Å². The lowest BCUT2D eigenvalue weighted by molar-refractivity contribution is 0.398. The molecule has 0 bridgehead atoms. The van der Waals surface area contributed by atoms with Crippen LogP contribution in [-0.2, 0) is 5.41 Å². The molecule has 0 aliphatic heterocycles. The van der Waals surface area contributed by atoms with E-state index in [0.29, 0.717) is 17.0 Å². The van der Waals surface area contributed by atoms with Crippen molar-refractivity contribution in [2.75, 3.05) is 0 Å². The maximum Gasteiger partial charge on any atom is 0.137 e. The summed E-state index contributed by atoms with van der Waals surface area (Å²) in [6.45, 7) is 8.02. The number of nitrogens with zero attached hydrogens (tertiary/aromatic N) is 2. The Morgan fingerprint density at radius 2 is 2.19 bits per heavy atom. The third-order valence-corrected chi connectivity index (χ3v) is 3.08. The number of aliphatic hydroxyl groups excluding tert-OH is 1. The maximum absolute atomic E-state index is 9.61. The average Bonchev–Trinajstić information content (AvgIpc) is 2.67. The molecule has 1 aromatic heterocycles. The van der Waals surface area contributed by atoms with Gasteiger partial charge in [0.05, 0.1) is 5.69 Å². The second-order valence-corrected chi connectivity index (χ2v) is 5.43. The van der Waals surface area contributed by atoms with Crippen molar-refractivity contribution >= 4 is 16.9 Å². The van der Waals surface area contributed by atoms with Crippen LogP contribution in [0.25, 0.3) is 5.57 Å². The molecule has 0 radical (unpaired) electrons. The minimum atomic E-state index is -0.0306. The minimum absolute atomic E-state index is 0.0306. The van der Waals surface area contributed by atoms with Gasteiger partial charge in [-0.2, -0.15) is 5.26 Å². The van der Waals surface area contributed by atoms with Gasteiger partial charge in [-0.05, 0) is 0 Å². The average molecular weight is 236 g/mol. The number of thiazole rings is 1. The highest BCUT2D eigenvalue weighted by Crippen LogP contribution is 2.28. The van der Waals surface area contributed by atoms with Crippen molar-refractivity contribution < 1.29 is 5.11 Å². The van der Waals surface area contributed by atoms with Crippen LogP contribution in [-0.4, -0.2) is 10.1 Å². The first-order valence-corrected chi connectivity index (χ1v) is 6.06. The van der Waals surface area contributed by atoms with Crippen molar-refractivity contribution in [3.05, 3.63) is 21.8 Å². The normalized spacial score (nSPS) is 13.2. The Morgan fingerprint density at radius 3 is 2.56 bits per heavy atom. The van der Waals surface area contributed by atoms with Crippen molar-refractivity contribution in [3.63, 3.8) is 0 Å². The maximum atomic E-state index is 9.61. The molecular weight excluding hydrogens is 220 g/mol. The van der Waals surface area contributed by atoms with Gasteiger partial charge in [-0.15, -0.1) is 11.3 Å². The highest BCUT2D eigenvalue weighted by atomic mass is 32.1. The van der Waals surface area contributed by atoms with Crippen LogP contribution in [0, 0.1) is 11.3 Å². The Morgan fingerprint density at radius 1 is 1.56 bits per heavy atom. The zero-order valence-corrected chi connectivity index (χ0v) is 10.9. The van der Waals surface area contributed by atoms with E-state index in [1.54, 1.807) is 0 Å². The molecule has 0 spiro atoms. The third-order valence-electron chi connectivity index (χ3n) is 2.22. The van der Waals surface area contributed by atoms with Crippen molar-refractivity contribution in [3.8, 4) is 6.07 Å². The second-order valence-electron chi connectivity index (χ2n) is 4.57. The number of nitriles is 1. The van der Waals surface area contributed by atoms with Gasteiger partial charge in [-0.1, -0.05) is 27.7 Å². The standard InChI is InChI=1S/C12H16N2OS/c1-5-9(15)8(6-13)11-14-10(7-16-11)12(2,3)4/h7,15H,5H2,1-4H3. The Bertz CT molecular complexity index is 446. The van der Waals surface area contributed by atoms with E-state index < -0.39 is 0 Å². The number of allylic oxidation sites excluding steroid dienone is 2. The zero-order chi connectivity index (χ0) is 12.3. The molecule has 0 atom stereocenters. The Hall–Kier alpha value is -1.34. The van der Waals surface area contributed by atoms with E-state index >= 15 is 0 Å². The van der Waals surface area contributed by atoms with E-state index in [1.165, 1.54) is 11.3 Å². The van der Waals surface area contributed by atoms with Crippen LogP contribution < -0.4 is 0 Å². The lowest BCUT2D eigenvalue weighted by atomic mass is 9.93. The lowest BCUT2D eigenvalue weighted by Gasteiger charge is -2.14. The van der Waals surface area contributed by atoms with Crippen molar-refractivity contribution in [1.29, 1.82) is 5.26 Å². The number of aliphatic hydroxyl groups is 1. The van der Waals surface area contributed by atoms with Crippen molar-refractivity contribution in [2.24, 2.45) is 0 Å². The number of rotatable bonds is 2. The van der Waals surface area contributed by atoms with Gasteiger partial charge in [-0.25, -0.2) is 4.98 Å². The molecule has 0 unspecified atom stereocenters. The quantitative estimate of drug-likeness (QED) is 0.630. The first kappa shape index (κ1) is 12.7. The lowest BCUT2D eigenvalue weighted by Crippen LogP contribution is -2.11. The highest BCUT2D eigenvalue weighted by Gasteiger charge is 2.19. The van der Waals surface area contributed by atoms with Gasteiger partial charge in [0.15, 0.2) is 0 Å². The summed E-state index contributed by atoms with van der Waals surface area (Å²) >= 11 is 1.40. The smallest absolute Gasteiger partial charge is 0.137 e. The van der Waals surface area contributed by atoms with Crippen LogP contribution in [0.1, 0.15) is 44.8 Å². The summed E-state index contributed by atoms with van der Waals surface area (Å²) in [5.41, 5.74) is 1.21.